The number of ether oxygens (including phenoxy) is 2. The summed E-state index contributed by atoms with van der Waals surface area (Å²) in [6, 6.07) is 0. The van der Waals surface area contributed by atoms with Gasteiger partial charge in [-0.1, -0.05) is 13.3 Å². The van der Waals surface area contributed by atoms with Gasteiger partial charge in [-0.2, -0.15) is 0 Å². The first-order chi connectivity index (χ1) is 6.66. The molecule has 14 heavy (non-hydrogen) atoms. The maximum atomic E-state index is 11.3. The molecule has 0 aromatic rings. The van der Waals surface area contributed by atoms with Gasteiger partial charge in [-0.3, -0.25) is 4.79 Å². The Morgan fingerprint density at radius 3 is 2.79 bits per heavy atom. The smallest absolute Gasteiger partial charge is 0.306 e. The molecule has 3 heteroatoms. The first kappa shape index (κ1) is 9.97. The van der Waals surface area contributed by atoms with E-state index in [1.165, 1.54) is 13.5 Å². The molecule has 3 unspecified atom stereocenters. The van der Waals surface area contributed by atoms with Crippen LogP contribution in [-0.4, -0.2) is 25.8 Å². The number of carbonyl (C=O) groups excluding carboxylic acids is 1. The van der Waals surface area contributed by atoms with Crippen LogP contribution in [-0.2, 0) is 14.3 Å². The Bertz CT molecular complexity index is 235. The molecule has 0 radical (unpaired) electrons. The van der Waals surface area contributed by atoms with Crippen molar-refractivity contribution in [2.24, 2.45) is 11.3 Å². The van der Waals surface area contributed by atoms with Gasteiger partial charge in [0.05, 0.1) is 26.2 Å². The fourth-order valence-corrected chi connectivity index (χ4v) is 2.76. The molecule has 1 saturated carbocycles. The minimum atomic E-state index is -0.0883. The van der Waals surface area contributed by atoms with E-state index in [0.29, 0.717) is 12.5 Å². The average Bonchev–Trinajstić information content (AvgIpc) is 2.93. The molecule has 2 aliphatic rings. The number of epoxide rings is 1. The largest absolute Gasteiger partial charge is 0.469 e. The van der Waals surface area contributed by atoms with Crippen LogP contribution < -0.4 is 0 Å². The minimum absolute atomic E-state index is 0.0883. The van der Waals surface area contributed by atoms with Crippen LogP contribution in [0.25, 0.3) is 0 Å². The van der Waals surface area contributed by atoms with E-state index >= 15 is 0 Å². The monoisotopic (exact) mass is 198 g/mol. The minimum Gasteiger partial charge on any atom is -0.469 e. The maximum Gasteiger partial charge on any atom is 0.306 e. The number of methoxy groups -OCH3 is 1. The molecule has 0 amide bonds. The van der Waals surface area contributed by atoms with Crippen LogP contribution in [0.5, 0.6) is 0 Å². The molecule has 80 valence electrons. The van der Waals surface area contributed by atoms with Gasteiger partial charge in [-0.05, 0) is 18.8 Å². The molecule has 0 N–H and O–H groups in total. The molecule has 1 heterocycles. The number of esters is 1. The molecule has 3 atom stereocenters. The van der Waals surface area contributed by atoms with Crippen molar-refractivity contribution in [1.82, 2.24) is 0 Å². The summed E-state index contributed by atoms with van der Waals surface area (Å²) in [6.07, 6.45) is 4.32. The summed E-state index contributed by atoms with van der Waals surface area (Å²) in [6.45, 7) is 3.09. The normalized spacial score (nSPS) is 41.0. The molecule has 0 spiro atoms. The highest BCUT2D eigenvalue weighted by atomic mass is 16.6. The first-order valence-corrected chi connectivity index (χ1v) is 5.35. The lowest BCUT2D eigenvalue weighted by Crippen LogP contribution is -2.28. The van der Waals surface area contributed by atoms with Gasteiger partial charge in [-0.15, -0.1) is 0 Å². The second-order valence-electron chi connectivity index (χ2n) is 4.79. The number of carbonyl (C=O) groups is 1. The van der Waals surface area contributed by atoms with Crippen molar-refractivity contribution in [3.8, 4) is 0 Å². The van der Waals surface area contributed by atoms with Gasteiger partial charge in [0.1, 0.15) is 0 Å². The molecule has 1 aliphatic carbocycles. The van der Waals surface area contributed by atoms with E-state index in [4.69, 9.17) is 9.47 Å². The van der Waals surface area contributed by atoms with E-state index in [0.717, 1.165) is 25.4 Å². The number of rotatable bonds is 3. The standard InChI is InChI=1S/C11H18O3/c1-8-3-4-11(5-8,9-7-14-9)6-10(12)13-2/h8-9H,3-7H2,1-2H3. The van der Waals surface area contributed by atoms with E-state index < -0.39 is 0 Å². The highest BCUT2D eigenvalue weighted by molar-refractivity contribution is 5.70. The SMILES string of the molecule is COC(=O)CC1(C2CO2)CCC(C)C1. The number of hydrogen-bond acceptors (Lipinski definition) is 3. The summed E-state index contributed by atoms with van der Waals surface area (Å²) < 4.78 is 10.1. The second-order valence-corrected chi connectivity index (χ2v) is 4.79. The Balaban J connectivity index is 2.03. The summed E-state index contributed by atoms with van der Waals surface area (Å²) in [4.78, 5) is 11.3. The van der Waals surface area contributed by atoms with Gasteiger partial charge < -0.3 is 9.47 Å². The highest BCUT2D eigenvalue weighted by Gasteiger charge is 2.51. The molecule has 1 aliphatic heterocycles. The first-order valence-electron chi connectivity index (χ1n) is 5.35. The van der Waals surface area contributed by atoms with Crippen molar-refractivity contribution in [1.29, 1.82) is 0 Å². The molecular weight excluding hydrogens is 180 g/mol. The highest BCUT2D eigenvalue weighted by Crippen LogP contribution is 2.51. The Morgan fingerprint density at radius 2 is 2.36 bits per heavy atom. The zero-order valence-electron chi connectivity index (χ0n) is 8.91. The summed E-state index contributed by atoms with van der Waals surface area (Å²) in [5.74, 6) is 0.637. The fourth-order valence-electron chi connectivity index (χ4n) is 2.76. The summed E-state index contributed by atoms with van der Waals surface area (Å²) in [7, 11) is 1.46. The van der Waals surface area contributed by atoms with Crippen molar-refractivity contribution in [3.05, 3.63) is 0 Å². The second kappa shape index (κ2) is 3.54. The van der Waals surface area contributed by atoms with Crippen LogP contribution in [0.15, 0.2) is 0 Å². The predicted molar refractivity (Wildman–Crippen MR) is 51.8 cm³/mol. The van der Waals surface area contributed by atoms with Crippen molar-refractivity contribution >= 4 is 5.97 Å². The Hall–Kier alpha value is -0.570. The fraction of sp³-hybridized carbons (Fsp3) is 0.909. The molecule has 2 fully saturated rings. The van der Waals surface area contributed by atoms with E-state index in [-0.39, 0.29) is 11.4 Å². The predicted octanol–water partition coefficient (Wildman–Crippen LogP) is 1.75. The van der Waals surface area contributed by atoms with Crippen molar-refractivity contribution < 1.29 is 14.3 Å². The van der Waals surface area contributed by atoms with Gasteiger partial charge in [0.15, 0.2) is 0 Å². The van der Waals surface area contributed by atoms with Gasteiger partial charge in [0.25, 0.3) is 0 Å². The quantitative estimate of drug-likeness (QED) is 0.512. The van der Waals surface area contributed by atoms with Crippen LogP contribution in [0, 0.1) is 11.3 Å². The van der Waals surface area contributed by atoms with E-state index in [1.807, 2.05) is 0 Å². The van der Waals surface area contributed by atoms with Crippen LogP contribution in [0.2, 0.25) is 0 Å². The lowest BCUT2D eigenvalue weighted by Gasteiger charge is -2.25. The van der Waals surface area contributed by atoms with Crippen LogP contribution in [0.4, 0.5) is 0 Å². The van der Waals surface area contributed by atoms with E-state index in [2.05, 4.69) is 6.92 Å². The molecule has 0 bridgehead atoms. The lowest BCUT2D eigenvalue weighted by atomic mass is 9.79. The summed E-state index contributed by atoms with van der Waals surface area (Å²) in [5, 5.41) is 0. The topological polar surface area (TPSA) is 38.8 Å². The Labute approximate surface area is 84.8 Å². The third-order valence-electron chi connectivity index (χ3n) is 3.63. The molecular formula is C11H18O3. The van der Waals surface area contributed by atoms with Gasteiger partial charge >= 0.3 is 5.97 Å². The summed E-state index contributed by atoms with van der Waals surface area (Å²) in [5.41, 5.74) is 0.104. The average molecular weight is 198 g/mol. The van der Waals surface area contributed by atoms with E-state index in [9.17, 15) is 4.79 Å². The van der Waals surface area contributed by atoms with Crippen molar-refractivity contribution in [2.45, 2.75) is 38.7 Å². The molecule has 2 rings (SSSR count). The molecule has 1 saturated heterocycles. The van der Waals surface area contributed by atoms with Gasteiger partial charge in [0.2, 0.25) is 0 Å². The van der Waals surface area contributed by atoms with Crippen molar-refractivity contribution in [2.75, 3.05) is 13.7 Å². The zero-order chi connectivity index (χ0) is 10.2. The lowest BCUT2D eigenvalue weighted by molar-refractivity contribution is -0.143. The third kappa shape index (κ3) is 1.78. The van der Waals surface area contributed by atoms with Gasteiger partial charge in [-0.25, -0.2) is 0 Å². The van der Waals surface area contributed by atoms with E-state index in [1.54, 1.807) is 0 Å². The van der Waals surface area contributed by atoms with Crippen molar-refractivity contribution in [3.63, 3.8) is 0 Å². The maximum absolute atomic E-state index is 11.3. The molecule has 0 aromatic heterocycles. The van der Waals surface area contributed by atoms with Crippen LogP contribution >= 0.6 is 0 Å². The summed E-state index contributed by atoms with van der Waals surface area (Å²) >= 11 is 0. The molecule has 0 aromatic carbocycles. The third-order valence-corrected chi connectivity index (χ3v) is 3.63. The Morgan fingerprint density at radius 1 is 1.64 bits per heavy atom. The number of hydrogen-bond donors (Lipinski definition) is 0. The van der Waals surface area contributed by atoms with Gasteiger partial charge in [0, 0.05) is 5.41 Å². The Kier molecular flexibility index (Phi) is 2.52. The molecule has 3 nitrogen and oxygen atoms in total. The zero-order valence-corrected chi connectivity index (χ0v) is 8.91. The van der Waals surface area contributed by atoms with Crippen LogP contribution in [0.3, 0.4) is 0 Å². The van der Waals surface area contributed by atoms with Crippen LogP contribution in [0.1, 0.15) is 32.6 Å².